The van der Waals surface area contributed by atoms with E-state index in [1.807, 2.05) is 30.3 Å². The Bertz CT molecular complexity index is 852. The molecule has 0 aromatic heterocycles. The molecule has 1 N–H and O–H groups in total. The minimum absolute atomic E-state index is 0.183. The van der Waals surface area contributed by atoms with Crippen molar-refractivity contribution in [2.24, 2.45) is 0 Å². The summed E-state index contributed by atoms with van der Waals surface area (Å²) in [5.74, 6) is -0.413. The second-order valence-corrected chi connectivity index (χ2v) is 8.51. The summed E-state index contributed by atoms with van der Waals surface area (Å²) >= 11 is 0. The van der Waals surface area contributed by atoms with Crippen molar-refractivity contribution in [3.8, 4) is 0 Å². The quantitative estimate of drug-likeness (QED) is 0.441. The molecule has 1 unspecified atom stereocenters. The molecule has 0 spiro atoms. The standard InChI is InChI=1S/C26H32O6/c1-2-3-5-10-21(27)19-11-13-20(14-12-19)26(28)32-23-17-31-24-22(16-30-25(23)24)29-15-18-8-6-4-7-9-18/h4,6-9,11-14,21-25,27H,2-3,5,10,15-17H2,1H3/t21?,22-,23-,24-,25-/m1/s1. The highest BCUT2D eigenvalue weighted by atomic mass is 16.7. The average molecular weight is 441 g/mol. The first kappa shape index (κ1) is 22.9. The van der Waals surface area contributed by atoms with Gasteiger partial charge in [0.1, 0.15) is 18.3 Å². The summed E-state index contributed by atoms with van der Waals surface area (Å²) in [7, 11) is 0. The van der Waals surface area contributed by atoms with Gasteiger partial charge in [0, 0.05) is 0 Å². The summed E-state index contributed by atoms with van der Waals surface area (Å²) in [6.07, 6.45) is 2.23. The lowest BCUT2D eigenvalue weighted by atomic mass is 10.0. The molecule has 2 aromatic rings. The maximum Gasteiger partial charge on any atom is 0.338 e. The highest BCUT2D eigenvalue weighted by Gasteiger charge is 2.50. The summed E-state index contributed by atoms with van der Waals surface area (Å²) < 4.78 is 23.4. The number of rotatable bonds is 10. The number of hydrogen-bond donors (Lipinski definition) is 1. The lowest BCUT2D eigenvalue weighted by Gasteiger charge is -2.17. The maximum absolute atomic E-state index is 12.6. The average Bonchev–Trinajstić information content (AvgIpc) is 3.41. The van der Waals surface area contributed by atoms with Crippen LogP contribution in [0.15, 0.2) is 54.6 Å². The van der Waals surface area contributed by atoms with E-state index in [4.69, 9.17) is 18.9 Å². The predicted octanol–water partition coefficient (Wildman–Crippen LogP) is 4.21. The number of esters is 1. The number of carbonyl (C=O) groups is 1. The highest BCUT2D eigenvalue weighted by molar-refractivity contribution is 5.89. The summed E-state index contributed by atoms with van der Waals surface area (Å²) in [5.41, 5.74) is 2.36. The van der Waals surface area contributed by atoms with E-state index in [9.17, 15) is 9.90 Å². The van der Waals surface area contributed by atoms with Gasteiger partial charge in [0.25, 0.3) is 0 Å². The molecule has 2 aromatic carbocycles. The molecule has 2 saturated heterocycles. The fourth-order valence-electron chi connectivity index (χ4n) is 4.25. The Labute approximate surface area is 189 Å². The van der Waals surface area contributed by atoms with Crippen LogP contribution in [0.5, 0.6) is 0 Å². The van der Waals surface area contributed by atoms with Crippen LogP contribution in [0.2, 0.25) is 0 Å². The van der Waals surface area contributed by atoms with Crippen molar-refractivity contribution in [1.29, 1.82) is 0 Å². The Balaban J connectivity index is 1.27. The molecular weight excluding hydrogens is 408 g/mol. The second-order valence-electron chi connectivity index (χ2n) is 8.51. The van der Waals surface area contributed by atoms with Crippen LogP contribution in [0.25, 0.3) is 0 Å². The number of unbranched alkanes of at least 4 members (excludes halogenated alkanes) is 2. The maximum atomic E-state index is 12.6. The molecule has 0 amide bonds. The van der Waals surface area contributed by atoms with Crippen LogP contribution in [0, 0.1) is 0 Å². The van der Waals surface area contributed by atoms with Gasteiger partial charge in [-0.1, -0.05) is 68.7 Å². The molecule has 32 heavy (non-hydrogen) atoms. The molecule has 172 valence electrons. The zero-order valence-electron chi connectivity index (χ0n) is 18.5. The van der Waals surface area contributed by atoms with Gasteiger partial charge in [-0.15, -0.1) is 0 Å². The van der Waals surface area contributed by atoms with Crippen molar-refractivity contribution in [3.63, 3.8) is 0 Å². The molecule has 0 aliphatic carbocycles. The molecule has 2 heterocycles. The Kier molecular flexibility index (Phi) is 7.92. The van der Waals surface area contributed by atoms with E-state index in [1.54, 1.807) is 24.3 Å². The van der Waals surface area contributed by atoms with E-state index < -0.39 is 18.2 Å². The van der Waals surface area contributed by atoms with Crippen LogP contribution in [0.3, 0.4) is 0 Å². The zero-order chi connectivity index (χ0) is 22.3. The largest absolute Gasteiger partial charge is 0.453 e. The summed E-state index contributed by atoms with van der Waals surface area (Å²) in [5, 5.41) is 10.3. The lowest BCUT2D eigenvalue weighted by Crippen LogP contribution is -2.35. The minimum atomic E-state index is -0.504. The third-order valence-corrected chi connectivity index (χ3v) is 6.14. The van der Waals surface area contributed by atoms with Crippen molar-refractivity contribution in [3.05, 3.63) is 71.3 Å². The highest BCUT2D eigenvalue weighted by Crippen LogP contribution is 2.31. The van der Waals surface area contributed by atoms with Crippen molar-refractivity contribution in [2.75, 3.05) is 13.2 Å². The number of carbonyl (C=O) groups excluding carboxylic acids is 1. The number of hydrogen-bond acceptors (Lipinski definition) is 6. The summed E-state index contributed by atoms with van der Waals surface area (Å²) in [4.78, 5) is 12.6. The minimum Gasteiger partial charge on any atom is -0.453 e. The van der Waals surface area contributed by atoms with Gasteiger partial charge in [0.2, 0.25) is 0 Å². The number of aliphatic hydroxyl groups is 1. The van der Waals surface area contributed by atoms with Crippen LogP contribution in [0.1, 0.15) is 60.2 Å². The third kappa shape index (κ3) is 5.56. The van der Waals surface area contributed by atoms with Crippen LogP contribution < -0.4 is 0 Å². The number of ether oxygens (including phenoxy) is 4. The first-order chi connectivity index (χ1) is 15.7. The van der Waals surface area contributed by atoms with Gasteiger partial charge in [0.05, 0.1) is 31.5 Å². The molecule has 2 aliphatic rings. The van der Waals surface area contributed by atoms with Gasteiger partial charge in [-0.2, -0.15) is 0 Å². The SMILES string of the molecule is CCCCCC(O)c1ccc(C(=O)O[C@@H]2CO[C@H]3[C@@H]2OC[C@H]3OCc2ccccc2)cc1. The molecule has 6 heteroatoms. The normalized spacial score (nSPS) is 25.4. The monoisotopic (exact) mass is 440 g/mol. The topological polar surface area (TPSA) is 74.2 Å². The van der Waals surface area contributed by atoms with E-state index in [0.29, 0.717) is 25.4 Å². The van der Waals surface area contributed by atoms with Crippen molar-refractivity contribution >= 4 is 5.97 Å². The number of aliphatic hydroxyl groups excluding tert-OH is 1. The first-order valence-corrected chi connectivity index (χ1v) is 11.5. The van der Waals surface area contributed by atoms with Gasteiger partial charge in [0.15, 0.2) is 6.10 Å². The smallest absolute Gasteiger partial charge is 0.338 e. The molecule has 0 saturated carbocycles. The van der Waals surface area contributed by atoms with Crippen molar-refractivity contribution < 1.29 is 28.8 Å². The molecule has 0 bridgehead atoms. The third-order valence-electron chi connectivity index (χ3n) is 6.14. The summed E-state index contributed by atoms with van der Waals surface area (Å²) in [6.45, 7) is 3.34. The molecule has 4 rings (SSSR count). The van der Waals surface area contributed by atoms with E-state index in [-0.39, 0.29) is 18.3 Å². The first-order valence-electron chi connectivity index (χ1n) is 11.5. The van der Waals surface area contributed by atoms with Crippen molar-refractivity contribution in [2.45, 2.75) is 69.7 Å². The predicted molar refractivity (Wildman–Crippen MR) is 119 cm³/mol. The molecule has 6 nitrogen and oxygen atoms in total. The summed E-state index contributed by atoms with van der Waals surface area (Å²) in [6, 6.07) is 17.0. The molecule has 5 atom stereocenters. The zero-order valence-corrected chi connectivity index (χ0v) is 18.5. The van der Waals surface area contributed by atoms with E-state index in [2.05, 4.69) is 6.92 Å². The van der Waals surface area contributed by atoms with Crippen LogP contribution in [-0.2, 0) is 25.6 Å². The van der Waals surface area contributed by atoms with Gasteiger partial charge in [-0.25, -0.2) is 4.79 Å². The molecule has 0 radical (unpaired) electrons. The van der Waals surface area contributed by atoms with Gasteiger partial charge < -0.3 is 24.1 Å². The molecular formula is C26H32O6. The molecule has 2 aliphatic heterocycles. The second kappa shape index (κ2) is 11.1. The fourth-order valence-corrected chi connectivity index (χ4v) is 4.25. The van der Waals surface area contributed by atoms with E-state index in [1.165, 1.54) is 0 Å². The Morgan fingerprint density at radius 3 is 2.41 bits per heavy atom. The Morgan fingerprint density at radius 1 is 1.00 bits per heavy atom. The van der Waals surface area contributed by atoms with Gasteiger partial charge in [-0.05, 0) is 29.7 Å². The van der Waals surface area contributed by atoms with Crippen LogP contribution >= 0.6 is 0 Å². The van der Waals surface area contributed by atoms with Crippen molar-refractivity contribution in [1.82, 2.24) is 0 Å². The Morgan fingerprint density at radius 2 is 1.69 bits per heavy atom. The molecule has 2 fully saturated rings. The Hall–Kier alpha value is -2.25. The van der Waals surface area contributed by atoms with Crippen LogP contribution in [0.4, 0.5) is 0 Å². The number of fused-ring (bicyclic) bond motifs is 1. The van der Waals surface area contributed by atoms with Gasteiger partial charge in [-0.3, -0.25) is 0 Å². The number of benzene rings is 2. The van der Waals surface area contributed by atoms with Gasteiger partial charge >= 0.3 is 5.97 Å². The lowest BCUT2D eigenvalue weighted by molar-refractivity contribution is -0.0471. The fraction of sp³-hybridized carbons (Fsp3) is 0.500. The van der Waals surface area contributed by atoms with E-state index in [0.717, 1.165) is 36.8 Å². The van der Waals surface area contributed by atoms with E-state index >= 15 is 0 Å². The van der Waals surface area contributed by atoms with Crippen LogP contribution in [-0.4, -0.2) is 48.7 Å².